The van der Waals surface area contributed by atoms with E-state index >= 15 is 0 Å². The summed E-state index contributed by atoms with van der Waals surface area (Å²) < 4.78 is 6.10. The summed E-state index contributed by atoms with van der Waals surface area (Å²) in [6, 6.07) is 3.64. The molecular formula is C18H19ClN2O2. The fraction of sp³-hybridized carbons (Fsp3) is 0.389. The summed E-state index contributed by atoms with van der Waals surface area (Å²) in [5.74, 6) is 0.757. The quantitative estimate of drug-likeness (QED) is 0.734. The number of furan rings is 1. The van der Waals surface area contributed by atoms with E-state index in [1.165, 1.54) is 6.42 Å². The Morgan fingerprint density at radius 2 is 2.04 bits per heavy atom. The van der Waals surface area contributed by atoms with Gasteiger partial charge in [-0.2, -0.15) is 0 Å². The first-order valence-electron chi connectivity index (χ1n) is 8.02. The van der Waals surface area contributed by atoms with Gasteiger partial charge in [0.1, 0.15) is 11.3 Å². The summed E-state index contributed by atoms with van der Waals surface area (Å²) in [5.41, 5.74) is 2.97. The van der Waals surface area contributed by atoms with E-state index in [-0.39, 0.29) is 11.6 Å². The summed E-state index contributed by atoms with van der Waals surface area (Å²) in [6.07, 6.45) is 5.18. The molecule has 0 unspecified atom stereocenters. The van der Waals surface area contributed by atoms with Crippen LogP contribution in [0, 0.1) is 0 Å². The Bertz CT molecular complexity index is 831. The van der Waals surface area contributed by atoms with Crippen LogP contribution in [0.4, 0.5) is 10.5 Å². The first kappa shape index (κ1) is 14.6. The summed E-state index contributed by atoms with van der Waals surface area (Å²) in [7, 11) is 0. The number of anilines is 1. The zero-order valence-corrected chi connectivity index (χ0v) is 13.8. The minimum atomic E-state index is -0.386. The second-order valence-corrected chi connectivity index (χ2v) is 7.05. The van der Waals surface area contributed by atoms with Gasteiger partial charge in [-0.05, 0) is 37.5 Å². The number of hydrogen-bond acceptors (Lipinski definition) is 2. The van der Waals surface area contributed by atoms with Gasteiger partial charge in [0.05, 0.1) is 16.2 Å². The number of allylic oxidation sites excluding steroid dienone is 1. The van der Waals surface area contributed by atoms with Crippen molar-refractivity contribution in [2.75, 3.05) is 5.32 Å². The first-order chi connectivity index (χ1) is 11.0. The molecule has 0 radical (unpaired) electrons. The smallest absolute Gasteiger partial charge is 0.319 e. The molecule has 1 fully saturated rings. The highest BCUT2D eigenvalue weighted by Gasteiger charge is 2.43. The van der Waals surface area contributed by atoms with Gasteiger partial charge < -0.3 is 15.1 Å². The molecule has 23 heavy (non-hydrogen) atoms. The number of nitrogens with one attached hydrogen (secondary N) is 2. The molecule has 0 atom stereocenters. The van der Waals surface area contributed by atoms with Crippen molar-refractivity contribution in [2.45, 2.75) is 44.6 Å². The highest BCUT2D eigenvalue weighted by molar-refractivity contribution is 6.35. The molecule has 2 amide bonds. The Morgan fingerprint density at radius 3 is 2.74 bits per heavy atom. The summed E-state index contributed by atoms with van der Waals surface area (Å²) >= 11 is 6.47. The number of rotatable bonds is 1. The average molecular weight is 331 g/mol. The van der Waals surface area contributed by atoms with Crippen molar-refractivity contribution in [1.82, 2.24) is 5.32 Å². The predicted octanol–water partition coefficient (Wildman–Crippen LogP) is 5.41. The summed E-state index contributed by atoms with van der Waals surface area (Å²) in [6.45, 7) is 5.88. The molecule has 1 aromatic carbocycles. The van der Waals surface area contributed by atoms with Crippen LogP contribution in [0.25, 0.3) is 16.5 Å². The molecule has 5 heteroatoms. The van der Waals surface area contributed by atoms with Crippen LogP contribution < -0.4 is 10.6 Å². The fourth-order valence-electron chi connectivity index (χ4n) is 3.89. The van der Waals surface area contributed by atoms with E-state index in [0.717, 1.165) is 53.5 Å². The molecule has 0 bridgehead atoms. The number of urea groups is 1. The van der Waals surface area contributed by atoms with Crippen molar-refractivity contribution in [2.24, 2.45) is 0 Å². The van der Waals surface area contributed by atoms with Gasteiger partial charge in [-0.25, -0.2) is 4.79 Å². The summed E-state index contributed by atoms with van der Waals surface area (Å²) in [4.78, 5) is 12.2. The highest BCUT2D eigenvalue weighted by Crippen LogP contribution is 2.49. The molecule has 1 saturated carbocycles. The van der Waals surface area contributed by atoms with Crippen LogP contribution >= 0.6 is 11.6 Å². The maximum atomic E-state index is 12.2. The molecule has 1 aliphatic heterocycles. The Balaban J connectivity index is 2.04. The second-order valence-electron chi connectivity index (χ2n) is 6.64. The lowest BCUT2D eigenvalue weighted by Gasteiger charge is -2.42. The maximum absolute atomic E-state index is 12.2. The van der Waals surface area contributed by atoms with Crippen molar-refractivity contribution < 1.29 is 9.21 Å². The van der Waals surface area contributed by atoms with Gasteiger partial charge in [0.2, 0.25) is 0 Å². The monoisotopic (exact) mass is 330 g/mol. The lowest BCUT2D eigenvalue weighted by atomic mass is 9.74. The number of carbonyl (C=O) groups is 1. The number of benzene rings is 1. The number of hydrogen-bond donors (Lipinski definition) is 2. The Labute approximate surface area is 139 Å². The number of amides is 2. The standard InChI is InChI=1S/C18H19ClN2O2/c1-10(2)13-9-11-8-12(19)15-14(16(11)23-13)18(21-17(22)20-15)6-4-3-5-7-18/h8-9H,1,3-7H2,2H3,(H2,20,21,22). The van der Waals surface area contributed by atoms with E-state index in [1.807, 2.05) is 19.1 Å². The first-order valence-corrected chi connectivity index (χ1v) is 8.39. The Kier molecular flexibility index (Phi) is 3.20. The topological polar surface area (TPSA) is 54.3 Å². The van der Waals surface area contributed by atoms with Gasteiger partial charge in [-0.3, -0.25) is 0 Å². The van der Waals surface area contributed by atoms with Crippen LogP contribution in [-0.2, 0) is 5.54 Å². The van der Waals surface area contributed by atoms with Crippen LogP contribution in [0.1, 0.15) is 50.4 Å². The molecule has 2 N–H and O–H groups in total. The number of carbonyl (C=O) groups excluding carboxylic acids is 1. The molecule has 1 spiro atoms. The van der Waals surface area contributed by atoms with Gasteiger partial charge in [-0.1, -0.05) is 37.4 Å². The largest absolute Gasteiger partial charge is 0.456 e. The average Bonchev–Trinajstić information content (AvgIpc) is 2.91. The SMILES string of the molecule is C=C(C)c1cc2cc(Cl)c3c(c2o1)C1(CCCCC1)NC(=O)N3. The van der Waals surface area contributed by atoms with E-state index in [0.29, 0.717) is 10.7 Å². The molecule has 1 aliphatic carbocycles. The lowest BCUT2D eigenvalue weighted by molar-refractivity contribution is 0.209. The van der Waals surface area contributed by atoms with Crippen molar-refractivity contribution >= 4 is 39.9 Å². The molecule has 4 nitrogen and oxygen atoms in total. The maximum Gasteiger partial charge on any atom is 0.319 e. The molecule has 2 aromatic rings. The molecule has 120 valence electrons. The lowest BCUT2D eigenvalue weighted by Crippen LogP contribution is -2.52. The van der Waals surface area contributed by atoms with Crippen molar-refractivity contribution in [3.8, 4) is 0 Å². The number of fused-ring (bicyclic) bond motifs is 4. The van der Waals surface area contributed by atoms with Gasteiger partial charge >= 0.3 is 6.03 Å². The van der Waals surface area contributed by atoms with Crippen molar-refractivity contribution in [1.29, 1.82) is 0 Å². The van der Waals surface area contributed by atoms with Crippen LogP contribution in [0.15, 0.2) is 23.1 Å². The van der Waals surface area contributed by atoms with E-state index in [1.54, 1.807) is 0 Å². The molecule has 4 rings (SSSR count). The molecular weight excluding hydrogens is 312 g/mol. The highest BCUT2D eigenvalue weighted by atomic mass is 35.5. The fourth-order valence-corrected chi connectivity index (χ4v) is 4.15. The predicted molar refractivity (Wildman–Crippen MR) is 92.8 cm³/mol. The van der Waals surface area contributed by atoms with Crippen LogP contribution in [0.5, 0.6) is 0 Å². The van der Waals surface area contributed by atoms with E-state index < -0.39 is 0 Å². The molecule has 2 heterocycles. The van der Waals surface area contributed by atoms with Crippen LogP contribution in [0.2, 0.25) is 5.02 Å². The minimum absolute atomic E-state index is 0.188. The van der Waals surface area contributed by atoms with Gasteiger partial charge in [0.15, 0.2) is 0 Å². The van der Waals surface area contributed by atoms with Crippen LogP contribution in [-0.4, -0.2) is 6.03 Å². The Hall–Kier alpha value is -1.94. The van der Waals surface area contributed by atoms with E-state index in [9.17, 15) is 4.79 Å². The van der Waals surface area contributed by atoms with Crippen LogP contribution in [0.3, 0.4) is 0 Å². The zero-order valence-electron chi connectivity index (χ0n) is 13.1. The van der Waals surface area contributed by atoms with Crippen molar-refractivity contribution in [3.05, 3.63) is 35.1 Å². The normalized spacial score (nSPS) is 19.3. The van der Waals surface area contributed by atoms with E-state index in [2.05, 4.69) is 17.2 Å². The third kappa shape index (κ3) is 2.16. The minimum Gasteiger partial charge on any atom is -0.456 e. The molecule has 0 saturated heterocycles. The van der Waals surface area contributed by atoms with Gasteiger partial charge in [0.25, 0.3) is 0 Å². The van der Waals surface area contributed by atoms with E-state index in [4.69, 9.17) is 16.0 Å². The summed E-state index contributed by atoms with van der Waals surface area (Å²) in [5, 5.41) is 7.53. The Morgan fingerprint density at radius 1 is 1.30 bits per heavy atom. The van der Waals surface area contributed by atoms with Gasteiger partial charge in [0, 0.05) is 10.9 Å². The number of halogens is 1. The third-order valence-corrected chi connectivity index (χ3v) is 5.25. The third-order valence-electron chi connectivity index (χ3n) is 4.96. The molecule has 1 aromatic heterocycles. The second kappa shape index (κ2) is 5.03. The van der Waals surface area contributed by atoms with Gasteiger partial charge in [-0.15, -0.1) is 0 Å². The molecule has 2 aliphatic rings. The van der Waals surface area contributed by atoms with Crippen molar-refractivity contribution in [3.63, 3.8) is 0 Å². The zero-order chi connectivity index (χ0) is 16.2.